The fraction of sp³-hybridized carbons (Fsp3) is 0.438. The third kappa shape index (κ3) is 3.03. The number of fused-ring (bicyclic) bond motifs is 1. The first-order chi connectivity index (χ1) is 10.2. The fourth-order valence-corrected chi connectivity index (χ4v) is 2.91. The highest BCUT2D eigenvalue weighted by Crippen LogP contribution is 2.16. The number of aryl methyl sites for hydroxylation is 1. The van der Waals surface area contributed by atoms with Crippen LogP contribution < -0.4 is 5.56 Å². The third-order valence-corrected chi connectivity index (χ3v) is 3.98. The molecule has 0 amide bonds. The molecule has 0 aliphatic carbocycles. The minimum Gasteiger partial charge on any atom is -0.303 e. The number of piperidine rings is 1. The molecule has 0 bridgehead atoms. The zero-order valence-corrected chi connectivity index (χ0v) is 12.2. The summed E-state index contributed by atoms with van der Waals surface area (Å²) in [6, 6.07) is 5.41. The number of aromatic nitrogens is 2. The number of hydrogen-bond donors (Lipinski definition) is 0. The first-order valence-corrected chi connectivity index (χ1v) is 7.32. The van der Waals surface area contributed by atoms with Crippen LogP contribution in [-0.4, -0.2) is 33.7 Å². The summed E-state index contributed by atoms with van der Waals surface area (Å²) in [5.74, 6) is 0.114. The van der Waals surface area contributed by atoms with E-state index in [0.29, 0.717) is 12.2 Å². The number of carbonyl (C=O) groups is 1. The summed E-state index contributed by atoms with van der Waals surface area (Å²) in [5.41, 5.74) is 2.43. The maximum absolute atomic E-state index is 12.2. The highest BCUT2D eigenvalue weighted by molar-refractivity contribution is 5.54. The zero-order chi connectivity index (χ0) is 14.8. The van der Waals surface area contributed by atoms with Gasteiger partial charge in [-0.3, -0.25) is 14.1 Å². The summed E-state index contributed by atoms with van der Waals surface area (Å²) in [6.45, 7) is 4.30. The topological polar surface area (TPSA) is 54.7 Å². The second-order valence-corrected chi connectivity index (χ2v) is 5.79. The van der Waals surface area contributed by atoms with Crippen molar-refractivity contribution in [3.05, 3.63) is 46.0 Å². The van der Waals surface area contributed by atoms with Gasteiger partial charge in [0, 0.05) is 31.3 Å². The maximum atomic E-state index is 12.2. The van der Waals surface area contributed by atoms with Crippen molar-refractivity contribution in [3.8, 4) is 0 Å². The average molecular weight is 285 g/mol. The Balaban J connectivity index is 1.86. The van der Waals surface area contributed by atoms with Gasteiger partial charge in [0.2, 0.25) is 0 Å². The second kappa shape index (κ2) is 5.77. The lowest BCUT2D eigenvalue weighted by molar-refractivity contribution is -0.112. The Kier molecular flexibility index (Phi) is 3.84. The van der Waals surface area contributed by atoms with Gasteiger partial charge in [0.25, 0.3) is 5.56 Å². The van der Waals surface area contributed by atoms with Crippen LogP contribution in [0.25, 0.3) is 5.65 Å². The van der Waals surface area contributed by atoms with Crippen LogP contribution in [0, 0.1) is 12.8 Å². The predicted molar refractivity (Wildman–Crippen MR) is 80.3 cm³/mol. The molecule has 3 heterocycles. The number of likely N-dealkylation sites (tertiary alicyclic amines) is 1. The summed E-state index contributed by atoms with van der Waals surface area (Å²) in [6.07, 6.45) is 4.83. The minimum atomic E-state index is -0.0531. The van der Waals surface area contributed by atoms with Crippen LogP contribution in [0.4, 0.5) is 0 Å². The molecule has 1 fully saturated rings. The van der Waals surface area contributed by atoms with Gasteiger partial charge in [-0.25, -0.2) is 4.98 Å². The Morgan fingerprint density at radius 1 is 1.43 bits per heavy atom. The van der Waals surface area contributed by atoms with Crippen molar-refractivity contribution in [2.75, 3.05) is 13.1 Å². The number of pyridine rings is 1. The van der Waals surface area contributed by atoms with Crippen molar-refractivity contribution in [1.29, 1.82) is 0 Å². The van der Waals surface area contributed by atoms with Gasteiger partial charge in [-0.05, 0) is 37.9 Å². The van der Waals surface area contributed by atoms with Gasteiger partial charge in [0.1, 0.15) is 11.9 Å². The lowest BCUT2D eigenvalue weighted by Gasteiger charge is -2.29. The summed E-state index contributed by atoms with van der Waals surface area (Å²) < 4.78 is 1.57. The first-order valence-electron chi connectivity index (χ1n) is 7.32. The Labute approximate surface area is 123 Å². The minimum absolute atomic E-state index is 0.0531. The molecule has 0 aromatic carbocycles. The lowest BCUT2D eigenvalue weighted by atomic mass is 10.00. The summed E-state index contributed by atoms with van der Waals surface area (Å²) in [4.78, 5) is 29.8. The van der Waals surface area contributed by atoms with E-state index in [-0.39, 0.29) is 11.5 Å². The molecule has 0 N–H and O–H groups in total. The van der Waals surface area contributed by atoms with Crippen LogP contribution in [-0.2, 0) is 11.3 Å². The van der Waals surface area contributed by atoms with E-state index in [4.69, 9.17) is 0 Å². The summed E-state index contributed by atoms with van der Waals surface area (Å²) >= 11 is 0. The van der Waals surface area contributed by atoms with Gasteiger partial charge in [-0.1, -0.05) is 6.07 Å². The number of aldehydes is 1. The standard InChI is InChI=1S/C16H19N3O2/c1-12-4-5-15-17-14(7-16(21)19(15)8-12)10-18-6-2-3-13(9-18)11-20/h4-5,7-8,11,13H,2-3,6,9-10H2,1H3. The Bertz CT molecular complexity index is 723. The highest BCUT2D eigenvalue weighted by Gasteiger charge is 2.19. The molecule has 1 atom stereocenters. The molecular formula is C16H19N3O2. The van der Waals surface area contributed by atoms with E-state index in [1.807, 2.05) is 19.1 Å². The molecule has 1 unspecified atom stereocenters. The number of hydrogen-bond acceptors (Lipinski definition) is 4. The number of nitrogens with zero attached hydrogens (tertiary/aromatic N) is 3. The van der Waals surface area contributed by atoms with E-state index in [2.05, 4.69) is 9.88 Å². The summed E-state index contributed by atoms with van der Waals surface area (Å²) in [7, 11) is 0. The van der Waals surface area contributed by atoms with Crippen LogP contribution in [0.2, 0.25) is 0 Å². The Morgan fingerprint density at radius 3 is 3.10 bits per heavy atom. The van der Waals surface area contributed by atoms with E-state index in [0.717, 1.165) is 43.5 Å². The Morgan fingerprint density at radius 2 is 2.29 bits per heavy atom. The van der Waals surface area contributed by atoms with Crippen LogP contribution >= 0.6 is 0 Å². The third-order valence-electron chi connectivity index (χ3n) is 3.98. The fourth-order valence-electron chi connectivity index (χ4n) is 2.91. The van der Waals surface area contributed by atoms with E-state index in [9.17, 15) is 9.59 Å². The molecule has 0 saturated carbocycles. The second-order valence-electron chi connectivity index (χ2n) is 5.79. The first kappa shape index (κ1) is 13.9. The molecule has 1 aliphatic rings. The van der Waals surface area contributed by atoms with Gasteiger partial charge in [-0.15, -0.1) is 0 Å². The molecule has 2 aromatic heterocycles. The normalized spacial score (nSPS) is 19.8. The number of carbonyl (C=O) groups excluding carboxylic acids is 1. The molecule has 3 rings (SSSR count). The van der Waals surface area contributed by atoms with Gasteiger partial charge in [-0.2, -0.15) is 0 Å². The number of rotatable bonds is 3. The van der Waals surface area contributed by atoms with Gasteiger partial charge < -0.3 is 4.79 Å². The smallest absolute Gasteiger partial charge is 0.258 e. The zero-order valence-electron chi connectivity index (χ0n) is 12.2. The molecule has 2 aromatic rings. The van der Waals surface area contributed by atoms with Crippen molar-refractivity contribution >= 4 is 11.9 Å². The molecule has 0 spiro atoms. The maximum Gasteiger partial charge on any atom is 0.258 e. The lowest BCUT2D eigenvalue weighted by Crippen LogP contribution is -2.36. The van der Waals surface area contributed by atoms with Crippen molar-refractivity contribution in [3.63, 3.8) is 0 Å². The molecule has 21 heavy (non-hydrogen) atoms. The molecule has 0 radical (unpaired) electrons. The molecule has 110 valence electrons. The SMILES string of the molecule is Cc1ccc2nc(CN3CCCC(C=O)C3)cc(=O)n2c1. The highest BCUT2D eigenvalue weighted by atomic mass is 16.1. The van der Waals surface area contributed by atoms with Crippen molar-refractivity contribution in [2.45, 2.75) is 26.3 Å². The molecule has 1 saturated heterocycles. The quantitative estimate of drug-likeness (QED) is 0.800. The van der Waals surface area contributed by atoms with Gasteiger partial charge in [0.05, 0.1) is 5.69 Å². The van der Waals surface area contributed by atoms with Crippen molar-refractivity contribution in [1.82, 2.24) is 14.3 Å². The van der Waals surface area contributed by atoms with Crippen molar-refractivity contribution in [2.24, 2.45) is 5.92 Å². The van der Waals surface area contributed by atoms with Gasteiger partial charge in [0.15, 0.2) is 0 Å². The predicted octanol–water partition coefficient (Wildman–Crippen LogP) is 1.41. The Hall–Kier alpha value is -2.01. The largest absolute Gasteiger partial charge is 0.303 e. The molecule has 5 nitrogen and oxygen atoms in total. The van der Waals surface area contributed by atoms with Crippen LogP contribution in [0.15, 0.2) is 29.2 Å². The van der Waals surface area contributed by atoms with Crippen LogP contribution in [0.1, 0.15) is 24.1 Å². The summed E-state index contributed by atoms with van der Waals surface area (Å²) in [5, 5.41) is 0. The van der Waals surface area contributed by atoms with E-state index >= 15 is 0 Å². The van der Waals surface area contributed by atoms with E-state index in [1.54, 1.807) is 16.7 Å². The molecule has 5 heteroatoms. The van der Waals surface area contributed by atoms with Crippen molar-refractivity contribution < 1.29 is 4.79 Å². The average Bonchev–Trinajstić information content (AvgIpc) is 2.48. The van der Waals surface area contributed by atoms with E-state index in [1.165, 1.54) is 0 Å². The van der Waals surface area contributed by atoms with Crippen LogP contribution in [0.3, 0.4) is 0 Å². The molecule has 1 aliphatic heterocycles. The van der Waals surface area contributed by atoms with Crippen LogP contribution in [0.5, 0.6) is 0 Å². The molecular weight excluding hydrogens is 266 g/mol. The monoisotopic (exact) mass is 285 g/mol. The van der Waals surface area contributed by atoms with Gasteiger partial charge >= 0.3 is 0 Å². The van der Waals surface area contributed by atoms with E-state index < -0.39 is 0 Å².